The van der Waals surface area contributed by atoms with Crippen LogP contribution in [-0.4, -0.2) is 39.8 Å². The first-order valence-corrected chi connectivity index (χ1v) is 12.0. The van der Waals surface area contributed by atoms with E-state index < -0.39 is 9.85 Å². The van der Waals surface area contributed by atoms with Crippen LogP contribution in [0.3, 0.4) is 0 Å². The number of nitrogens with one attached hydrogen (secondary N) is 2. The average molecular weight is 542 g/mol. The highest BCUT2D eigenvalue weighted by molar-refractivity contribution is 5.53. The van der Waals surface area contributed by atoms with Gasteiger partial charge in [0.05, 0.1) is 19.0 Å². The minimum atomic E-state index is -0.450. The first-order valence-electron chi connectivity index (χ1n) is 12.0. The van der Waals surface area contributed by atoms with Crippen LogP contribution in [0.2, 0.25) is 0 Å². The summed E-state index contributed by atoms with van der Waals surface area (Å²) in [4.78, 5) is 32.3. The van der Waals surface area contributed by atoms with E-state index in [1.165, 1.54) is 27.7 Å². The van der Waals surface area contributed by atoms with Gasteiger partial charge in [-0.15, -0.1) is 14.4 Å². The third-order valence-corrected chi connectivity index (χ3v) is 7.61. The first kappa shape index (κ1) is 27.4. The Morgan fingerprint density at radius 3 is 1.62 bits per heavy atom. The quantitative estimate of drug-likeness (QED) is 0.140. The molecule has 0 aliphatic carbocycles. The normalized spacial score (nSPS) is 11.3. The maximum Gasteiger partial charge on any atom is 0.519 e. The third-order valence-electron chi connectivity index (χ3n) is 7.61. The second kappa shape index (κ2) is 10.3. The van der Waals surface area contributed by atoms with E-state index in [9.17, 15) is 30.6 Å². The van der Waals surface area contributed by atoms with Crippen molar-refractivity contribution in [3.8, 4) is 0 Å². The number of imidazole rings is 3. The van der Waals surface area contributed by atoms with Crippen molar-refractivity contribution in [2.75, 3.05) is 5.23 Å². The zero-order chi connectivity index (χ0) is 28.8. The highest BCUT2D eigenvalue weighted by atomic mass is 16.8. The summed E-state index contributed by atoms with van der Waals surface area (Å²) in [5, 5.41) is 41.8. The molecule has 0 atom stereocenters. The predicted molar refractivity (Wildman–Crippen MR) is 136 cm³/mol. The topological polar surface area (TPSA) is 187 Å². The Kier molecular flexibility index (Phi) is 7.21. The van der Waals surface area contributed by atoms with Crippen molar-refractivity contribution in [1.82, 2.24) is 19.5 Å². The molecule has 0 aliphatic rings. The number of aromatic nitrogens is 6. The minimum absolute atomic E-state index is 0.0124. The lowest BCUT2D eigenvalue weighted by atomic mass is 9.84. The lowest BCUT2D eigenvalue weighted by Crippen LogP contribution is -2.35. The molecule has 15 nitrogen and oxygen atoms in total. The summed E-state index contributed by atoms with van der Waals surface area (Å²) >= 11 is 0. The van der Waals surface area contributed by atoms with Gasteiger partial charge in [0.2, 0.25) is 0 Å². The number of hydrogen-bond donors (Lipinski definition) is 4. The van der Waals surface area contributed by atoms with Gasteiger partial charge in [-0.2, -0.15) is 0 Å². The van der Waals surface area contributed by atoms with E-state index in [0.717, 1.165) is 33.4 Å². The minimum Gasteiger partial charge on any atom is -0.314 e. The van der Waals surface area contributed by atoms with Gasteiger partial charge in [-0.1, -0.05) is 0 Å². The fourth-order valence-electron chi connectivity index (χ4n) is 5.12. The number of hydrogen-bond acceptors (Lipinski definition) is 8. The van der Waals surface area contributed by atoms with Gasteiger partial charge in [0, 0.05) is 13.5 Å². The van der Waals surface area contributed by atoms with Crippen LogP contribution in [0, 0.1) is 41.0 Å². The Hall–Kier alpha value is -4.63. The Bertz CT molecular complexity index is 1510. The maximum absolute atomic E-state index is 11.4. The van der Waals surface area contributed by atoms with Crippen LogP contribution in [0.1, 0.15) is 50.9 Å². The molecule has 4 N–H and O–H groups in total. The van der Waals surface area contributed by atoms with Crippen molar-refractivity contribution < 1.29 is 29.4 Å². The van der Waals surface area contributed by atoms with E-state index >= 15 is 0 Å². The molecule has 4 aromatic rings. The molecule has 0 aliphatic heterocycles. The molecule has 3 aromatic heterocycles. The number of anilines is 1. The summed E-state index contributed by atoms with van der Waals surface area (Å²) in [6.45, 7) is 5.95. The van der Waals surface area contributed by atoms with Gasteiger partial charge in [0.25, 0.3) is 11.6 Å². The maximum atomic E-state index is 11.4. The third kappa shape index (κ3) is 4.84. The van der Waals surface area contributed by atoms with Gasteiger partial charge in [-0.25, -0.2) is 4.98 Å². The molecule has 39 heavy (non-hydrogen) atoms. The van der Waals surface area contributed by atoms with Crippen molar-refractivity contribution in [3.63, 3.8) is 0 Å². The van der Waals surface area contributed by atoms with E-state index in [1.807, 2.05) is 20.8 Å². The van der Waals surface area contributed by atoms with Crippen LogP contribution in [0.5, 0.6) is 0 Å². The summed E-state index contributed by atoms with van der Waals surface area (Å²) in [5.41, 5.74) is 5.80. The number of rotatable bonds is 9. The highest BCUT2D eigenvalue weighted by Gasteiger charge is 2.30. The van der Waals surface area contributed by atoms with Crippen molar-refractivity contribution in [3.05, 3.63) is 89.7 Å². The van der Waals surface area contributed by atoms with Crippen molar-refractivity contribution in [2.45, 2.75) is 40.0 Å². The van der Waals surface area contributed by atoms with E-state index in [2.05, 4.69) is 15.0 Å². The molecule has 0 unspecified atom stereocenters. The van der Waals surface area contributed by atoms with Crippen LogP contribution < -0.4 is 14.4 Å². The molecule has 0 amide bonds. The van der Waals surface area contributed by atoms with E-state index in [1.54, 1.807) is 25.7 Å². The van der Waals surface area contributed by atoms with Gasteiger partial charge in [0.15, 0.2) is 18.2 Å². The number of nitro groups is 2. The molecule has 206 valence electrons. The summed E-state index contributed by atoms with van der Waals surface area (Å²) in [7, 11) is 4.94. The lowest BCUT2D eigenvalue weighted by molar-refractivity contribution is -0.719. The number of benzene rings is 1. The molecular formula is C24H31N9O6+2. The van der Waals surface area contributed by atoms with Crippen LogP contribution >= 0.6 is 0 Å². The van der Waals surface area contributed by atoms with Crippen molar-refractivity contribution in [2.24, 2.45) is 21.1 Å². The molecule has 0 fully saturated rings. The first-order chi connectivity index (χ1) is 18.3. The lowest BCUT2D eigenvalue weighted by Gasteiger charge is -2.21. The summed E-state index contributed by atoms with van der Waals surface area (Å²) in [6, 6.07) is 0. The fraction of sp³-hybridized carbons (Fsp3) is 0.375. The SMILES string of the molecule is Cc1c(Cc2ncc(N(O)O)n2C)c(C)c(Cc2[nH]cc([N+](=O)[O-])[n+]2C)c(C)c1Cc1[nH]cc([N+](=O)[O-])[n+]1C. The molecule has 0 bridgehead atoms. The molecule has 3 heterocycles. The fourth-order valence-corrected chi connectivity index (χ4v) is 5.12. The second-order valence-corrected chi connectivity index (χ2v) is 9.54. The van der Waals surface area contributed by atoms with Gasteiger partial charge < -0.3 is 14.5 Å². The molecule has 0 spiro atoms. The molecular weight excluding hydrogens is 510 g/mol. The van der Waals surface area contributed by atoms with Gasteiger partial charge >= 0.3 is 11.6 Å². The summed E-state index contributed by atoms with van der Waals surface area (Å²) < 4.78 is 4.59. The summed E-state index contributed by atoms with van der Waals surface area (Å²) in [6.07, 6.45) is 5.21. The zero-order valence-corrected chi connectivity index (χ0v) is 22.5. The largest absolute Gasteiger partial charge is 0.519 e. The molecule has 15 heteroatoms. The smallest absolute Gasteiger partial charge is 0.314 e. The highest BCUT2D eigenvalue weighted by Crippen LogP contribution is 2.32. The Morgan fingerprint density at radius 1 is 0.872 bits per heavy atom. The monoisotopic (exact) mass is 541 g/mol. The molecule has 0 saturated heterocycles. The number of H-pyrrole nitrogens is 2. The van der Waals surface area contributed by atoms with Gasteiger partial charge in [0.1, 0.15) is 29.8 Å². The molecule has 0 radical (unpaired) electrons. The van der Waals surface area contributed by atoms with E-state index in [-0.39, 0.29) is 22.7 Å². The standard InChI is InChI=1S/C24H29N9O6/c1-13-16(7-19-25-10-22(28(19)4)31(34)35)14(2)18(9-21-27-12-24(30(21)6)33(38)39)15(3)17(13)8-20-26-11-23(29(20)5)32(36)37/h10-12,34-35H,7-9H2,1-6H3/p+2. The predicted octanol–water partition coefficient (Wildman–Crippen LogP) is 1.82. The Labute approximate surface area is 222 Å². The average Bonchev–Trinajstić information content (AvgIpc) is 3.54. The zero-order valence-electron chi connectivity index (χ0n) is 22.5. The van der Waals surface area contributed by atoms with E-state index in [4.69, 9.17) is 0 Å². The molecule has 4 rings (SSSR count). The van der Waals surface area contributed by atoms with E-state index in [0.29, 0.717) is 36.7 Å². The van der Waals surface area contributed by atoms with Crippen LogP contribution in [-0.2, 0) is 40.4 Å². The Balaban J connectivity index is 1.88. The molecule has 1 aromatic carbocycles. The van der Waals surface area contributed by atoms with Crippen molar-refractivity contribution in [1.29, 1.82) is 0 Å². The van der Waals surface area contributed by atoms with Crippen LogP contribution in [0.25, 0.3) is 0 Å². The van der Waals surface area contributed by atoms with Crippen molar-refractivity contribution >= 4 is 17.5 Å². The number of nitrogens with zero attached hydrogens (tertiary/aromatic N) is 7. The summed E-state index contributed by atoms with van der Waals surface area (Å²) in [5.74, 6) is 1.86. The van der Waals surface area contributed by atoms with Crippen LogP contribution in [0.4, 0.5) is 17.5 Å². The Morgan fingerprint density at radius 2 is 1.28 bits per heavy atom. The van der Waals surface area contributed by atoms with Gasteiger partial charge in [-0.05, 0) is 54.2 Å². The van der Waals surface area contributed by atoms with Gasteiger partial charge in [-0.3, -0.25) is 30.6 Å². The molecule has 0 saturated carbocycles. The second-order valence-electron chi connectivity index (χ2n) is 9.54. The number of aromatic amines is 2. The van der Waals surface area contributed by atoms with Crippen LogP contribution in [0.15, 0.2) is 18.6 Å².